The van der Waals surface area contributed by atoms with Gasteiger partial charge in [-0.05, 0) is 24.5 Å². The molecule has 0 spiro atoms. The fourth-order valence-corrected chi connectivity index (χ4v) is 2.39. The van der Waals surface area contributed by atoms with Crippen molar-refractivity contribution in [2.45, 2.75) is 36.3 Å². The van der Waals surface area contributed by atoms with Gasteiger partial charge in [-0.25, -0.2) is 0 Å². The molecule has 2 heteroatoms. The Morgan fingerprint density at radius 3 is 2.75 bits per heavy atom. The average molecular weight is 232 g/mol. The van der Waals surface area contributed by atoms with Crippen LogP contribution in [0.4, 0.5) is 0 Å². The summed E-state index contributed by atoms with van der Waals surface area (Å²) in [6.07, 6.45) is 4.02. The van der Waals surface area contributed by atoms with Crippen molar-refractivity contribution in [1.29, 1.82) is 0 Å². The van der Waals surface area contributed by atoms with Crippen LogP contribution >= 0.6 is 11.8 Å². The Labute approximate surface area is 102 Å². The molecule has 0 saturated heterocycles. The van der Waals surface area contributed by atoms with Crippen LogP contribution in [0, 0.1) is 11.8 Å². The summed E-state index contributed by atoms with van der Waals surface area (Å²) >= 11 is 1.74. The second-order valence-corrected chi connectivity index (χ2v) is 4.74. The van der Waals surface area contributed by atoms with Crippen LogP contribution in [0.5, 0.6) is 0 Å². The minimum Gasteiger partial charge on any atom is -0.289 e. The van der Waals surface area contributed by atoms with E-state index in [0.717, 1.165) is 19.3 Å². The third-order valence-electron chi connectivity index (χ3n) is 2.14. The molecule has 0 amide bonds. The zero-order valence-electron chi connectivity index (χ0n) is 9.48. The van der Waals surface area contributed by atoms with Crippen LogP contribution in [0.25, 0.3) is 0 Å². The molecule has 1 nitrogen and oxygen atoms in total. The number of aldehydes is 1. The minimum atomic E-state index is 0.229. The molecular weight excluding hydrogens is 216 g/mol. The monoisotopic (exact) mass is 232 g/mol. The molecule has 0 saturated carbocycles. The molecule has 0 aromatic heterocycles. The Hall–Kier alpha value is -1.20. The summed E-state index contributed by atoms with van der Waals surface area (Å²) in [4.78, 5) is 11.5. The van der Waals surface area contributed by atoms with Gasteiger partial charge in [-0.3, -0.25) is 4.79 Å². The number of rotatable bonds is 5. The number of hydrogen-bond acceptors (Lipinski definition) is 2. The predicted octanol–water partition coefficient (Wildman–Crippen LogP) is 3.54. The summed E-state index contributed by atoms with van der Waals surface area (Å²) in [5.74, 6) is 5.52. The molecule has 0 radical (unpaired) electrons. The van der Waals surface area contributed by atoms with Gasteiger partial charge in [0.25, 0.3) is 0 Å². The molecule has 0 aliphatic rings. The van der Waals surface area contributed by atoms with Crippen LogP contribution in [0.3, 0.4) is 0 Å². The zero-order valence-corrected chi connectivity index (χ0v) is 10.3. The summed E-state index contributed by atoms with van der Waals surface area (Å²) in [7, 11) is 0. The van der Waals surface area contributed by atoms with Gasteiger partial charge in [-0.2, -0.15) is 0 Å². The molecule has 0 N–H and O–H groups in total. The number of thioether (sulfide) groups is 1. The minimum absolute atomic E-state index is 0.229. The second-order valence-electron chi connectivity index (χ2n) is 3.47. The zero-order chi connectivity index (χ0) is 11.6. The van der Waals surface area contributed by atoms with Gasteiger partial charge in [-0.15, -0.1) is 11.8 Å². The third-order valence-corrected chi connectivity index (χ3v) is 3.33. The molecule has 0 fully saturated rings. The van der Waals surface area contributed by atoms with Crippen LogP contribution < -0.4 is 0 Å². The molecule has 0 bridgehead atoms. The Balaban J connectivity index is 2.59. The molecule has 1 atom stereocenters. The van der Waals surface area contributed by atoms with E-state index in [2.05, 4.69) is 30.9 Å². The fourth-order valence-electron chi connectivity index (χ4n) is 1.34. The molecule has 1 rings (SSSR count). The van der Waals surface area contributed by atoms with Crippen molar-refractivity contribution in [1.82, 2.24) is 0 Å². The molecule has 0 aliphatic carbocycles. The molecular formula is C14H16OS. The lowest BCUT2D eigenvalue weighted by atomic mass is 10.2. The molecule has 0 heterocycles. The predicted molar refractivity (Wildman–Crippen MR) is 69.5 cm³/mol. The number of unbranched alkanes of at least 4 members (excludes halogenated alkanes) is 1. The van der Waals surface area contributed by atoms with E-state index in [-0.39, 0.29) is 5.25 Å². The smallest absolute Gasteiger partial charge is 0.192 e. The second kappa shape index (κ2) is 8.01. The van der Waals surface area contributed by atoms with Crippen LogP contribution in [0.2, 0.25) is 0 Å². The first-order valence-electron chi connectivity index (χ1n) is 5.53. The van der Waals surface area contributed by atoms with Gasteiger partial charge in [0.15, 0.2) is 6.29 Å². The number of hydrogen-bond donors (Lipinski definition) is 0. The van der Waals surface area contributed by atoms with Gasteiger partial charge in [0.1, 0.15) is 0 Å². The highest BCUT2D eigenvalue weighted by atomic mass is 32.2. The summed E-state index contributed by atoms with van der Waals surface area (Å²) in [5.41, 5.74) is 0. The maximum atomic E-state index is 10.3. The third kappa shape index (κ3) is 5.04. The quantitative estimate of drug-likeness (QED) is 0.439. The van der Waals surface area contributed by atoms with E-state index < -0.39 is 0 Å². The number of benzene rings is 1. The Morgan fingerprint density at radius 2 is 2.12 bits per heavy atom. The first-order chi connectivity index (χ1) is 7.86. The summed E-state index contributed by atoms with van der Waals surface area (Å²) in [5, 5.41) is 0.229. The Bertz CT molecular complexity index is 361. The van der Waals surface area contributed by atoms with E-state index in [1.54, 1.807) is 11.8 Å². The van der Waals surface area contributed by atoms with Crippen molar-refractivity contribution in [2.75, 3.05) is 0 Å². The van der Waals surface area contributed by atoms with Crippen molar-refractivity contribution in [3.8, 4) is 11.8 Å². The lowest BCUT2D eigenvalue weighted by molar-refractivity contribution is -0.103. The lowest BCUT2D eigenvalue weighted by Gasteiger charge is -2.09. The van der Waals surface area contributed by atoms with Gasteiger partial charge >= 0.3 is 0 Å². The Morgan fingerprint density at radius 1 is 1.38 bits per heavy atom. The molecule has 16 heavy (non-hydrogen) atoms. The number of carbonyl (C=O) groups is 1. The fraction of sp³-hybridized carbons (Fsp3) is 0.357. The van der Waals surface area contributed by atoms with Gasteiger partial charge in [0.05, 0.1) is 5.25 Å². The van der Waals surface area contributed by atoms with Crippen LogP contribution in [0.15, 0.2) is 35.2 Å². The van der Waals surface area contributed by atoms with Crippen LogP contribution in [-0.4, -0.2) is 11.5 Å². The van der Waals surface area contributed by atoms with Crippen molar-refractivity contribution >= 4 is 18.0 Å². The maximum absolute atomic E-state index is 10.3. The van der Waals surface area contributed by atoms with Crippen molar-refractivity contribution in [2.24, 2.45) is 0 Å². The lowest BCUT2D eigenvalue weighted by Crippen LogP contribution is -1.98. The molecule has 0 aliphatic heterocycles. The van der Waals surface area contributed by atoms with Gasteiger partial charge in [0.2, 0.25) is 0 Å². The van der Waals surface area contributed by atoms with E-state index in [9.17, 15) is 4.79 Å². The number of carbonyl (C=O) groups excluding carboxylic acids is 1. The van der Waals surface area contributed by atoms with Gasteiger partial charge in [0, 0.05) is 4.90 Å². The van der Waals surface area contributed by atoms with Crippen molar-refractivity contribution in [3.05, 3.63) is 30.3 Å². The van der Waals surface area contributed by atoms with E-state index in [0.29, 0.717) is 6.29 Å². The van der Waals surface area contributed by atoms with E-state index >= 15 is 0 Å². The first-order valence-corrected chi connectivity index (χ1v) is 6.41. The van der Waals surface area contributed by atoms with E-state index in [1.165, 1.54) is 4.90 Å². The van der Waals surface area contributed by atoms with E-state index in [4.69, 9.17) is 0 Å². The molecule has 1 unspecified atom stereocenters. The molecule has 84 valence electrons. The van der Waals surface area contributed by atoms with Crippen LogP contribution in [0.1, 0.15) is 26.2 Å². The highest BCUT2D eigenvalue weighted by Gasteiger charge is 2.06. The van der Waals surface area contributed by atoms with Gasteiger partial charge < -0.3 is 0 Å². The summed E-state index contributed by atoms with van der Waals surface area (Å²) < 4.78 is 0. The SMILES string of the molecule is CCCCC(C#CC=O)Sc1ccccc1. The maximum Gasteiger partial charge on any atom is 0.192 e. The topological polar surface area (TPSA) is 17.1 Å². The summed E-state index contributed by atoms with van der Waals surface area (Å²) in [6, 6.07) is 10.2. The Kier molecular flexibility index (Phi) is 6.44. The highest BCUT2D eigenvalue weighted by Crippen LogP contribution is 2.25. The summed E-state index contributed by atoms with van der Waals surface area (Å²) in [6.45, 7) is 2.16. The van der Waals surface area contributed by atoms with Gasteiger partial charge in [-0.1, -0.05) is 43.9 Å². The standard InChI is InChI=1S/C14H16OS/c1-2-3-8-13(11-7-12-15)16-14-9-5-4-6-10-14/h4-6,9-10,12-13H,2-3,8H2,1H3. The van der Waals surface area contributed by atoms with Crippen molar-refractivity contribution < 1.29 is 4.79 Å². The average Bonchev–Trinajstić information content (AvgIpc) is 2.34. The largest absolute Gasteiger partial charge is 0.289 e. The van der Waals surface area contributed by atoms with Crippen molar-refractivity contribution in [3.63, 3.8) is 0 Å². The first kappa shape index (κ1) is 12.9. The highest BCUT2D eigenvalue weighted by molar-refractivity contribution is 8.00. The van der Waals surface area contributed by atoms with Crippen LogP contribution in [-0.2, 0) is 4.79 Å². The molecule has 1 aromatic rings. The molecule has 1 aromatic carbocycles. The normalized spacial score (nSPS) is 11.3. The van der Waals surface area contributed by atoms with E-state index in [1.807, 2.05) is 18.2 Å².